The van der Waals surface area contributed by atoms with E-state index in [2.05, 4.69) is 36.0 Å². The van der Waals surface area contributed by atoms with E-state index in [9.17, 15) is 0 Å². The van der Waals surface area contributed by atoms with Gasteiger partial charge in [-0.1, -0.05) is 36.8 Å². The van der Waals surface area contributed by atoms with Gasteiger partial charge in [0, 0.05) is 5.25 Å². The summed E-state index contributed by atoms with van der Waals surface area (Å²) >= 11 is 2.09. The van der Waals surface area contributed by atoms with Crippen molar-refractivity contribution in [2.75, 3.05) is 5.75 Å². The molecule has 0 aliphatic carbocycles. The molecule has 0 radical (unpaired) electrons. The maximum absolute atomic E-state index is 5.81. The number of ether oxygens (including phenoxy) is 1. The lowest BCUT2D eigenvalue weighted by atomic mass is 10.1. The molecule has 19 heavy (non-hydrogen) atoms. The molecule has 0 amide bonds. The molecule has 2 aromatic carbocycles. The third-order valence-corrected chi connectivity index (χ3v) is 4.85. The highest BCUT2D eigenvalue weighted by Crippen LogP contribution is 2.38. The van der Waals surface area contributed by atoms with Crippen molar-refractivity contribution < 1.29 is 4.74 Å². The molecule has 1 unspecified atom stereocenters. The van der Waals surface area contributed by atoms with Gasteiger partial charge in [-0.2, -0.15) is 11.8 Å². The highest BCUT2D eigenvalue weighted by molar-refractivity contribution is 7.99. The Bertz CT molecular complexity index is 501. The van der Waals surface area contributed by atoms with Crippen molar-refractivity contribution >= 4 is 11.8 Å². The van der Waals surface area contributed by atoms with Gasteiger partial charge in [0.2, 0.25) is 0 Å². The molecular formula is C17H18OS. The third-order valence-electron chi connectivity index (χ3n) is 3.41. The van der Waals surface area contributed by atoms with E-state index in [-0.39, 0.29) is 0 Å². The van der Waals surface area contributed by atoms with E-state index in [4.69, 9.17) is 4.74 Å². The van der Waals surface area contributed by atoms with Crippen LogP contribution in [0.1, 0.15) is 30.1 Å². The van der Waals surface area contributed by atoms with Crippen molar-refractivity contribution in [2.45, 2.75) is 24.5 Å². The number of hydrogen-bond acceptors (Lipinski definition) is 2. The lowest BCUT2D eigenvalue weighted by Crippen LogP contribution is -2.01. The maximum Gasteiger partial charge on any atom is 0.127 e. The van der Waals surface area contributed by atoms with Crippen LogP contribution >= 0.6 is 11.8 Å². The van der Waals surface area contributed by atoms with Crippen LogP contribution in [0.5, 0.6) is 11.5 Å². The van der Waals surface area contributed by atoms with Gasteiger partial charge < -0.3 is 4.74 Å². The minimum atomic E-state index is 0.680. The third kappa shape index (κ3) is 3.32. The van der Waals surface area contributed by atoms with E-state index >= 15 is 0 Å². The molecule has 0 spiro atoms. The topological polar surface area (TPSA) is 9.23 Å². The van der Waals surface area contributed by atoms with Gasteiger partial charge >= 0.3 is 0 Å². The van der Waals surface area contributed by atoms with Crippen molar-refractivity contribution in [3.63, 3.8) is 0 Å². The monoisotopic (exact) mass is 270 g/mol. The van der Waals surface area contributed by atoms with Crippen molar-refractivity contribution in [1.29, 1.82) is 0 Å². The Labute approximate surface area is 119 Å². The molecule has 1 aliphatic heterocycles. The second kappa shape index (κ2) is 6.16. The first-order valence-electron chi connectivity index (χ1n) is 6.86. The summed E-state index contributed by atoms with van der Waals surface area (Å²) in [7, 11) is 0. The lowest BCUT2D eigenvalue weighted by Gasteiger charge is -2.21. The summed E-state index contributed by atoms with van der Waals surface area (Å²) in [6.45, 7) is 0. The van der Waals surface area contributed by atoms with Crippen LogP contribution < -0.4 is 4.74 Å². The molecule has 2 aromatic rings. The summed E-state index contributed by atoms with van der Waals surface area (Å²) in [5, 5.41) is 0.680. The van der Waals surface area contributed by atoms with Gasteiger partial charge in [-0.25, -0.2) is 0 Å². The fourth-order valence-electron chi connectivity index (χ4n) is 2.38. The number of para-hydroxylation sites is 1. The molecule has 1 aliphatic rings. The number of benzene rings is 2. The second-order valence-electron chi connectivity index (χ2n) is 4.84. The first-order chi connectivity index (χ1) is 9.42. The molecule has 1 fully saturated rings. The highest BCUT2D eigenvalue weighted by atomic mass is 32.2. The normalized spacial score (nSPS) is 19.1. The van der Waals surface area contributed by atoms with Crippen molar-refractivity contribution in [3.05, 3.63) is 60.2 Å². The minimum Gasteiger partial charge on any atom is -0.457 e. The molecule has 2 heteroatoms. The molecule has 0 N–H and O–H groups in total. The highest BCUT2D eigenvalue weighted by Gasteiger charge is 2.15. The van der Waals surface area contributed by atoms with Crippen molar-refractivity contribution in [3.8, 4) is 11.5 Å². The van der Waals surface area contributed by atoms with E-state index in [0.29, 0.717) is 5.25 Å². The van der Waals surface area contributed by atoms with Gasteiger partial charge in [-0.05, 0) is 48.4 Å². The average molecular weight is 270 g/mol. The van der Waals surface area contributed by atoms with Crippen LogP contribution in [0.15, 0.2) is 54.6 Å². The first-order valence-corrected chi connectivity index (χ1v) is 7.91. The Morgan fingerprint density at radius 3 is 2.26 bits per heavy atom. The number of thioether (sulfide) groups is 1. The summed E-state index contributed by atoms with van der Waals surface area (Å²) in [6, 6.07) is 18.5. The number of hydrogen-bond donors (Lipinski definition) is 0. The van der Waals surface area contributed by atoms with Crippen LogP contribution in [0.2, 0.25) is 0 Å². The quantitative estimate of drug-likeness (QED) is 0.734. The van der Waals surface area contributed by atoms with E-state index in [1.807, 2.05) is 30.3 Å². The molecule has 1 saturated heterocycles. The summed E-state index contributed by atoms with van der Waals surface area (Å²) in [5.41, 5.74) is 1.44. The Balaban J connectivity index is 1.68. The zero-order valence-electron chi connectivity index (χ0n) is 10.9. The Kier molecular flexibility index (Phi) is 4.09. The van der Waals surface area contributed by atoms with Gasteiger partial charge in [-0.3, -0.25) is 0 Å². The van der Waals surface area contributed by atoms with Crippen LogP contribution in [0.3, 0.4) is 0 Å². The second-order valence-corrected chi connectivity index (χ2v) is 6.15. The molecule has 0 saturated carbocycles. The van der Waals surface area contributed by atoms with E-state index in [1.165, 1.54) is 30.6 Å². The smallest absolute Gasteiger partial charge is 0.127 e. The SMILES string of the molecule is c1ccc(Oc2ccc(C3CCCCS3)cc2)cc1. The van der Waals surface area contributed by atoms with Gasteiger partial charge in [0.05, 0.1) is 0 Å². The van der Waals surface area contributed by atoms with Crippen LogP contribution in [-0.2, 0) is 0 Å². The molecule has 0 bridgehead atoms. The standard InChI is InChI=1S/C17H18OS/c1-2-6-15(7-3-1)18-16-11-9-14(10-12-16)17-8-4-5-13-19-17/h1-3,6-7,9-12,17H,4-5,8,13H2. The molecule has 0 aromatic heterocycles. The van der Waals surface area contributed by atoms with Gasteiger partial charge in [0.15, 0.2) is 0 Å². The van der Waals surface area contributed by atoms with Crippen molar-refractivity contribution in [1.82, 2.24) is 0 Å². The molecule has 3 rings (SSSR count). The molecular weight excluding hydrogens is 252 g/mol. The summed E-state index contributed by atoms with van der Waals surface area (Å²) in [6.07, 6.45) is 4.04. The van der Waals surface area contributed by atoms with Crippen molar-refractivity contribution in [2.24, 2.45) is 0 Å². The average Bonchev–Trinajstić information content (AvgIpc) is 2.50. The van der Waals surface area contributed by atoms with Crippen LogP contribution in [0.25, 0.3) is 0 Å². The predicted molar refractivity (Wildman–Crippen MR) is 82.0 cm³/mol. The fraction of sp³-hybridized carbons (Fsp3) is 0.294. The zero-order valence-corrected chi connectivity index (χ0v) is 11.7. The van der Waals surface area contributed by atoms with Gasteiger partial charge in [0.25, 0.3) is 0 Å². The molecule has 1 heterocycles. The summed E-state index contributed by atoms with van der Waals surface area (Å²) in [4.78, 5) is 0. The minimum absolute atomic E-state index is 0.680. The van der Waals surface area contributed by atoms with Crippen LogP contribution in [0, 0.1) is 0 Å². The molecule has 1 atom stereocenters. The maximum atomic E-state index is 5.81. The van der Waals surface area contributed by atoms with E-state index in [0.717, 1.165) is 11.5 Å². The zero-order chi connectivity index (χ0) is 12.9. The molecule has 98 valence electrons. The van der Waals surface area contributed by atoms with E-state index in [1.54, 1.807) is 0 Å². The predicted octanol–water partition coefficient (Wildman–Crippen LogP) is 5.44. The lowest BCUT2D eigenvalue weighted by molar-refractivity contribution is 0.482. The first kappa shape index (κ1) is 12.6. The van der Waals surface area contributed by atoms with Crippen LogP contribution in [0.4, 0.5) is 0 Å². The molecule has 1 nitrogen and oxygen atoms in total. The fourth-order valence-corrected chi connectivity index (χ4v) is 3.72. The van der Waals surface area contributed by atoms with Crippen LogP contribution in [-0.4, -0.2) is 5.75 Å². The number of rotatable bonds is 3. The van der Waals surface area contributed by atoms with E-state index < -0.39 is 0 Å². The van der Waals surface area contributed by atoms with Gasteiger partial charge in [-0.15, -0.1) is 0 Å². The Morgan fingerprint density at radius 1 is 0.842 bits per heavy atom. The summed E-state index contributed by atoms with van der Waals surface area (Å²) < 4.78 is 5.81. The van der Waals surface area contributed by atoms with Gasteiger partial charge in [0.1, 0.15) is 11.5 Å². The Morgan fingerprint density at radius 2 is 1.58 bits per heavy atom. The Hall–Kier alpha value is -1.41. The summed E-state index contributed by atoms with van der Waals surface area (Å²) in [5.74, 6) is 3.10. The largest absolute Gasteiger partial charge is 0.457 e.